The molecule has 1 N–H and O–H groups in total. The molecule has 3 fully saturated rings. The zero-order valence-corrected chi connectivity index (χ0v) is 37.4. The third-order valence-electron chi connectivity index (χ3n) is 14.2. The van der Waals surface area contributed by atoms with Crippen molar-refractivity contribution < 1.29 is 19.2 Å². The number of para-hydroxylation sites is 1. The highest BCUT2D eigenvalue weighted by molar-refractivity contribution is 6.05. The maximum atomic E-state index is 13.6. The van der Waals surface area contributed by atoms with Crippen LogP contribution in [0.4, 0.5) is 0 Å². The van der Waals surface area contributed by atoms with Crippen LogP contribution in [0.3, 0.4) is 0 Å². The summed E-state index contributed by atoms with van der Waals surface area (Å²) in [6.07, 6.45) is 12.9. The van der Waals surface area contributed by atoms with E-state index in [1.807, 2.05) is 65.8 Å². The van der Waals surface area contributed by atoms with Gasteiger partial charge in [0.25, 0.3) is 11.8 Å². The highest BCUT2D eigenvalue weighted by atomic mass is 16.2. The number of rotatable bonds is 8. The summed E-state index contributed by atoms with van der Waals surface area (Å²) in [6.45, 7) is 8.29. The Hall–Kier alpha value is -7.27. The van der Waals surface area contributed by atoms with Gasteiger partial charge in [0.1, 0.15) is 6.04 Å². The van der Waals surface area contributed by atoms with E-state index in [1.165, 1.54) is 5.70 Å². The minimum atomic E-state index is -0.565. The fraction of sp³-hybridized carbons (Fsp3) is 0.315. The molecule has 1 unspecified atom stereocenters. The van der Waals surface area contributed by atoms with E-state index in [0.717, 1.165) is 108 Å². The number of aromatic nitrogens is 3. The molecular weight excluding hydrogens is 839 g/mol. The number of imide groups is 1. The first-order valence-electron chi connectivity index (χ1n) is 23.4. The number of nitrogens with zero attached hydrogens (tertiary/aromatic N) is 8. The van der Waals surface area contributed by atoms with Crippen LogP contribution in [0.5, 0.6) is 0 Å². The van der Waals surface area contributed by atoms with Gasteiger partial charge >= 0.3 is 0 Å². The number of benzene rings is 3. The Labute approximate surface area is 389 Å². The quantitative estimate of drug-likeness (QED) is 0.124. The number of likely N-dealkylation sites (tertiary alicyclic amines) is 1. The van der Waals surface area contributed by atoms with Crippen molar-refractivity contribution in [1.82, 2.24) is 44.8 Å². The molecule has 6 aliphatic rings. The van der Waals surface area contributed by atoms with Gasteiger partial charge in [-0.15, -0.1) is 0 Å². The van der Waals surface area contributed by atoms with Crippen LogP contribution < -0.4 is 5.32 Å². The van der Waals surface area contributed by atoms with Crippen LogP contribution >= 0.6 is 0 Å². The SMILES string of the molecule is O=C1CCC(N2CC3=C(CCC(N4CC(N5CCN(CC#Cc6ccc(/C=C/c7ccc(C(=O)N8CCc9cnc(-c%10cnc%11ccccc%11c%10)nc9C8)cc7)cc6)CC5)C4)=C3)C2=O)C(=O)N1. The first kappa shape index (κ1) is 42.4. The molecule has 5 aromatic rings. The predicted octanol–water partition coefficient (Wildman–Crippen LogP) is 5.34. The number of hydrogen-bond donors (Lipinski definition) is 1. The molecule has 0 radical (unpaired) electrons. The van der Waals surface area contributed by atoms with Crippen molar-refractivity contribution in [2.24, 2.45) is 0 Å². The molecular formula is C54H51N9O4. The van der Waals surface area contributed by atoms with Gasteiger partial charge in [0.05, 0.1) is 24.3 Å². The average molecular weight is 890 g/mol. The molecule has 13 nitrogen and oxygen atoms in total. The third-order valence-corrected chi connectivity index (χ3v) is 14.2. The van der Waals surface area contributed by atoms with Crippen molar-refractivity contribution >= 4 is 46.7 Å². The van der Waals surface area contributed by atoms with E-state index in [1.54, 1.807) is 4.90 Å². The molecule has 4 amide bonds. The topological polar surface area (TPSA) is 135 Å². The molecule has 1 aliphatic carbocycles. The van der Waals surface area contributed by atoms with E-state index >= 15 is 0 Å². The van der Waals surface area contributed by atoms with Gasteiger partial charge < -0.3 is 14.7 Å². The van der Waals surface area contributed by atoms with E-state index in [4.69, 9.17) is 4.98 Å². The molecule has 336 valence electrons. The normalized spacial score (nSPS) is 20.4. The molecule has 0 saturated carbocycles. The molecule has 3 aromatic carbocycles. The molecule has 0 spiro atoms. The highest BCUT2D eigenvalue weighted by Crippen LogP contribution is 2.36. The lowest BCUT2D eigenvalue weighted by Crippen LogP contribution is -2.62. The molecule has 13 heteroatoms. The van der Waals surface area contributed by atoms with Crippen molar-refractivity contribution in [3.63, 3.8) is 0 Å². The maximum Gasteiger partial charge on any atom is 0.254 e. The van der Waals surface area contributed by atoms with Gasteiger partial charge in [-0.25, -0.2) is 9.97 Å². The van der Waals surface area contributed by atoms with Crippen LogP contribution in [-0.2, 0) is 27.3 Å². The molecule has 0 bridgehead atoms. The Kier molecular flexibility index (Phi) is 11.5. The largest absolute Gasteiger partial charge is 0.372 e. The van der Waals surface area contributed by atoms with E-state index in [0.29, 0.717) is 56.3 Å². The number of piperidine rings is 1. The second-order valence-corrected chi connectivity index (χ2v) is 18.3. The Bertz CT molecular complexity index is 2950. The highest BCUT2D eigenvalue weighted by Gasteiger charge is 2.42. The zero-order chi connectivity index (χ0) is 45.4. The summed E-state index contributed by atoms with van der Waals surface area (Å²) in [5, 5.41) is 3.43. The summed E-state index contributed by atoms with van der Waals surface area (Å²) in [5.41, 5.74) is 10.6. The van der Waals surface area contributed by atoms with Crippen molar-refractivity contribution in [1.29, 1.82) is 0 Å². The lowest BCUT2D eigenvalue weighted by Gasteiger charge is -2.50. The van der Waals surface area contributed by atoms with Crippen molar-refractivity contribution in [2.45, 2.75) is 50.7 Å². The summed E-state index contributed by atoms with van der Waals surface area (Å²) in [7, 11) is 0. The first-order chi connectivity index (χ1) is 32.8. The van der Waals surface area contributed by atoms with Crippen LogP contribution in [0.15, 0.2) is 114 Å². The Morgan fingerprint density at radius 2 is 1.58 bits per heavy atom. The lowest BCUT2D eigenvalue weighted by atomic mass is 9.94. The number of pyridine rings is 1. The smallest absolute Gasteiger partial charge is 0.254 e. The fourth-order valence-electron chi connectivity index (χ4n) is 10.1. The van der Waals surface area contributed by atoms with E-state index in [2.05, 4.69) is 90.4 Å². The molecule has 67 heavy (non-hydrogen) atoms. The molecule has 3 saturated heterocycles. The van der Waals surface area contributed by atoms with Crippen LogP contribution in [0.1, 0.15) is 64.0 Å². The standard InChI is InChI=1S/C54H51N9O4/c64-50-20-19-49(52(65)58-50)63-32-43-29-44(17-18-46(43)54(63)67)62-33-45(34-62)60-26-24-59(25-27-60)22-3-4-36-7-9-37(10-8-36)11-12-38-13-15-39(16-14-38)53(66)61-23-21-41-30-56-51(57-48(41)35-61)42-28-40-5-1-2-6-47(40)55-31-42/h1-2,5-16,28-31,45,49H,17-27,32-35H2,(H,58,64,65)/b12-11+. The van der Waals surface area contributed by atoms with Crippen molar-refractivity contribution in [2.75, 3.05) is 58.9 Å². The number of carbonyl (C=O) groups is 4. The second kappa shape index (κ2) is 18.2. The Morgan fingerprint density at radius 3 is 2.37 bits per heavy atom. The summed E-state index contributed by atoms with van der Waals surface area (Å²) in [4.78, 5) is 75.9. The monoisotopic (exact) mass is 889 g/mol. The van der Waals surface area contributed by atoms with E-state index in [-0.39, 0.29) is 30.0 Å². The van der Waals surface area contributed by atoms with Crippen LogP contribution in [0.2, 0.25) is 0 Å². The number of nitrogens with one attached hydrogen (secondary N) is 1. The maximum absolute atomic E-state index is 13.6. The number of piperazine rings is 1. The average Bonchev–Trinajstić information content (AvgIpc) is 3.67. The predicted molar refractivity (Wildman–Crippen MR) is 256 cm³/mol. The summed E-state index contributed by atoms with van der Waals surface area (Å²) < 4.78 is 0. The van der Waals surface area contributed by atoms with E-state index in [9.17, 15) is 19.2 Å². The number of hydrogen-bond acceptors (Lipinski definition) is 10. The van der Waals surface area contributed by atoms with E-state index < -0.39 is 6.04 Å². The minimum Gasteiger partial charge on any atom is -0.372 e. The number of carbonyl (C=O) groups excluding carboxylic acids is 4. The third kappa shape index (κ3) is 8.90. The minimum absolute atomic E-state index is 0.00559. The van der Waals surface area contributed by atoms with Crippen LogP contribution in [0, 0.1) is 11.8 Å². The van der Waals surface area contributed by atoms with Crippen LogP contribution in [0.25, 0.3) is 34.4 Å². The van der Waals surface area contributed by atoms with Gasteiger partial charge in [-0.3, -0.25) is 39.3 Å². The molecule has 7 heterocycles. The van der Waals surface area contributed by atoms with Gasteiger partial charge in [-0.05, 0) is 90.4 Å². The van der Waals surface area contributed by atoms with Gasteiger partial charge in [-0.2, -0.15) is 0 Å². The summed E-state index contributed by atoms with van der Waals surface area (Å²) >= 11 is 0. The number of amides is 4. The lowest BCUT2D eigenvalue weighted by molar-refractivity contribution is -0.142. The van der Waals surface area contributed by atoms with Crippen molar-refractivity contribution in [3.8, 4) is 23.2 Å². The van der Waals surface area contributed by atoms with Crippen molar-refractivity contribution in [3.05, 3.63) is 148 Å². The molecule has 1 atom stereocenters. The Morgan fingerprint density at radius 1 is 0.806 bits per heavy atom. The summed E-state index contributed by atoms with van der Waals surface area (Å²) in [5.74, 6) is 6.68. The Balaban J connectivity index is 0.614. The fourth-order valence-corrected chi connectivity index (χ4v) is 10.1. The number of fused-ring (bicyclic) bond motifs is 2. The molecule has 5 aliphatic heterocycles. The summed E-state index contributed by atoms with van der Waals surface area (Å²) in [6, 6.07) is 26.1. The number of allylic oxidation sites excluding steroid dienone is 1. The van der Waals surface area contributed by atoms with Gasteiger partial charge in [0.15, 0.2) is 5.82 Å². The second-order valence-electron chi connectivity index (χ2n) is 18.3. The molecule has 2 aromatic heterocycles. The zero-order valence-electron chi connectivity index (χ0n) is 37.4. The van der Waals surface area contributed by atoms with Crippen LogP contribution in [-0.4, -0.2) is 134 Å². The molecule has 11 rings (SSSR count). The van der Waals surface area contributed by atoms with Gasteiger partial charge in [0, 0.05) is 111 Å². The van der Waals surface area contributed by atoms with Gasteiger partial charge in [0.2, 0.25) is 11.8 Å². The van der Waals surface area contributed by atoms with Gasteiger partial charge in [-0.1, -0.05) is 66.5 Å². The first-order valence-corrected chi connectivity index (χ1v) is 23.4.